The minimum atomic E-state index is 0.0772. The number of benzene rings is 1. The maximum Gasteiger partial charge on any atom is 0.0468 e. The molecular weight excluding hydrogens is 222 g/mol. The Hall–Kier alpha value is -0.900. The van der Waals surface area contributed by atoms with Crippen LogP contribution < -0.4 is 11.1 Å². The molecule has 3 nitrogen and oxygen atoms in total. The van der Waals surface area contributed by atoms with Crippen molar-refractivity contribution in [1.82, 2.24) is 10.2 Å². The van der Waals surface area contributed by atoms with Gasteiger partial charge in [0.1, 0.15) is 0 Å². The van der Waals surface area contributed by atoms with Crippen molar-refractivity contribution in [3.8, 4) is 0 Å². The lowest BCUT2D eigenvalue weighted by Crippen LogP contribution is -2.53. The number of nitrogens with one attached hydrogen (secondary N) is 1. The standard InChI is InChI=1S/C15H25N3/c1-10-7-11(2)14(12(3)8-10)15(16)13-9-18(4)6-5-17-13/h7-8,13,15,17H,5-6,9,16H2,1-4H3. The molecule has 100 valence electrons. The molecule has 0 aliphatic carbocycles. The van der Waals surface area contributed by atoms with Crippen LogP contribution in [0.15, 0.2) is 12.1 Å². The minimum absolute atomic E-state index is 0.0772. The molecule has 2 rings (SSSR count). The Morgan fingerprint density at radius 1 is 1.28 bits per heavy atom. The first-order chi connectivity index (χ1) is 8.49. The van der Waals surface area contributed by atoms with Crippen LogP contribution in [-0.4, -0.2) is 37.6 Å². The lowest BCUT2D eigenvalue weighted by atomic mass is 9.90. The normalized spacial score (nSPS) is 23.1. The van der Waals surface area contributed by atoms with Crippen molar-refractivity contribution in [3.63, 3.8) is 0 Å². The highest BCUT2D eigenvalue weighted by atomic mass is 15.2. The molecule has 0 spiro atoms. The predicted octanol–water partition coefficient (Wildman–Crippen LogP) is 1.52. The zero-order valence-corrected chi connectivity index (χ0v) is 12.0. The van der Waals surface area contributed by atoms with E-state index in [0.717, 1.165) is 19.6 Å². The molecule has 0 amide bonds. The summed E-state index contributed by atoms with van der Waals surface area (Å²) in [6.45, 7) is 9.63. The summed E-state index contributed by atoms with van der Waals surface area (Å²) >= 11 is 0. The Morgan fingerprint density at radius 3 is 2.44 bits per heavy atom. The van der Waals surface area contributed by atoms with Gasteiger partial charge in [-0.2, -0.15) is 0 Å². The number of likely N-dealkylation sites (N-methyl/N-ethyl adjacent to an activating group) is 1. The average molecular weight is 247 g/mol. The molecule has 2 unspecified atom stereocenters. The van der Waals surface area contributed by atoms with E-state index in [9.17, 15) is 0 Å². The van der Waals surface area contributed by atoms with Gasteiger partial charge in [0.15, 0.2) is 0 Å². The molecule has 1 saturated heterocycles. The summed E-state index contributed by atoms with van der Waals surface area (Å²) in [6.07, 6.45) is 0. The van der Waals surface area contributed by atoms with Crippen LogP contribution in [0.5, 0.6) is 0 Å². The Balaban J connectivity index is 2.25. The second-order valence-corrected chi connectivity index (χ2v) is 5.66. The van der Waals surface area contributed by atoms with Crippen LogP contribution in [0.3, 0.4) is 0 Å². The highest BCUT2D eigenvalue weighted by molar-refractivity contribution is 5.40. The van der Waals surface area contributed by atoms with Crippen molar-refractivity contribution in [2.24, 2.45) is 5.73 Å². The molecule has 3 N–H and O–H groups in total. The third kappa shape index (κ3) is 2.74. The maximum absolute atomic E-state index is 6.49. The Bertz CT molecular complexity index is 405. The summed E-state index contributed by atoms with van der Waals surface area (Å²) in [5.41, 5.74) is 11.8. The first-order valence-electron chi connectivity index (χ1n) is 6.74. The van der Waals surface area contributed by atoms with Crippen LogP contribution in [0.1, 0.15) is 28.3 Å². The third-order valence-corrected chi connectivity index (χ3v) is 3.91. The summed E-state index contributed by atoms with van der Waals surface area (Å²) in [7, 11) is 2.16. The second kappa shape index (κ2) is 5.39. The lowest BCUT2D eigenvalue weighted by Gasteiger charge is -2.35. The number of aryl methyl sites for hydroxylation is 3. The van der Waals surface area contributed by atoms with Crippen molar-refractivity contribution >= 4 is 0 Å². The molecule has 0 radical (unpaired) electrons. The minimum Gasteiger partial charge on any atom is -0.323 e. The van der Waals surface area contributed by atoms with Gasteiger partial charge in [-0.05, 0) is 44.5 Å². The molecule has 2 atom stereocenters. The molecule has 1 fully saturated rings. The Morgan fingerprint density at radius 2 is 1.89 bits per heavy atom. The molecular formula is C15H25N3. The van der Waals surface area contributed by atoms with Crippen LogP contribution in [0, 0.1) is 20.8 Å². The van der Waals surface area contributed by atoms with E-state index < -0.39 is 0 Å². The fourth-order valence-electron chi connectivity index (χ4n) is 3.09. The fraction of sp³-hybridized carbons (Fsp3) is 0.600. The van der Waals surface area contributed by atoms with Gasteiger partial charge < -0.3 is 16.0 Å². The molecule has 0 aromatic heterocycles. The molecule has 0 saturated carbocycles. The summed E-state index contributed by atoms with van der Waals surface area (Å²) < 4.78 is 0. The molecule has 1 aromatic carbocycles. The number of hydrogen-bond acceptors (Lipinski definition) is 3. The van der Waals surface area contributed by atoms with Crippen LogP contribution >= 0.6 is 0 Å². The van der Waals surface area contributed by atoms with Gasteiger partial charge in [0, 0.05) is 31.7 Å². The largest absolute Gasteiger partial charge is 0.323 e. The van der Waals surface area contributed by atoms with E-state index in [1.54, 1.807) is 0 Å². The van der Waals surface area contributed by atoms with Gasteiger partial charge in [0.25, 0.3) is 0 Å². The number of nitrogens with two attached hydrogens (primary N) is 1. The van der Waals surface area contributed by atoms with E-state index in [0.29, 0.717) is 6.04 Å². The third-order valence-electron chi connectivity index (χ3n) is 3.91. The van der Waals surface area contributed by atoms with Crippen molar-refractivity contribution in [3.05, 3.63) is 34.4 Å². The zero-order chi connectivity index (χ0) is 13.3. The summed E-state index contributed by atoms with van der Waals surface area (Å²) in [6, 6.07) is 4.89. The highest BCUT2D eigenvalue weighted by Crippen LogP contribution is 2.25. The fourth-order valence-corrected chi connectivity index (χ4v) is 3.09. The lowest BCUT2D eigenvalue weighted by molar-refractivity contribution is 0.219. The van der Waals surface area contributed by atoms with Gasteiger partial charge in [-0.3, -0.25) is 0 Å². The smallest absolute Gasteiger partial charge is 0.0468 e. The number of rotatable bonds is 2. The van der Waals surface area contributed by atoms with E-state index in [4.69, 9.17) is 5.73 Å². The first kappa shape index (κ1) is 13.5. The van der Waals surface area contributed by atoms with Gasteiger partial charge in [-0.25, -0.2) is 0 Å². The van der Waals surface area contributed by atoms with Crippen LogP contribution in [0.25, 0.3) is 0 Å². The number of nitrogens with zero attached hydrogens (tertiary/aromatic N) is 1. The van der Waals surface area contributed by atoms with E-state index in [2.05, 4.69) is 50.2 Å². The van der Waals surface area contributed by atoms with Crippen LogP contribution in [0.4, 0.5) is 0 Å². The molecule has 1 heterocycles. The molecule has 1 aliphatic heterocycles. The predicted molar refractivity (Wildman–Crippen MR) is 76.9 cm³/mol. The van der Waals surface area contributed by atoms with Gasteiger partial charge >= 0.3 is 0 Å². The molecule has 18 heavy (non-hydrogen) atoms. The second-order valence-electron chi connectivity index (χ2n) is 5.66. The van der Waals surface area contributed by atoms with Gasteiger partial charge in [0.2, 0.25) is 0 Å². The van der Waals surface area contributed by atoms with Gasteiger partial charge in [-0.1, -0.05) is 17.7 Å². The Kier molecular flexibility index (Phi) is 4.05. The van der Waals surface area contributed by atoms with Crippen molar-refractivity contribution in [1.29, 1.82) is 0 Å². The van der Waals surface area contributed by atoms with Gasteiger partial charge in [0.05, 0.1) is 0 Å². The van der Waals surface area contributed by atoms with Crippen LogP contribution in [0.2, 0.25) is 0 Å². The topological polar surface area (TPSA) is 41.3 Å². The van der Waals surface area contributed by atoms with E-state index in [1.165, 1.54) is 22.3 Å². The summed E-state index contributed by atoms with van der Waals surface area (Å²) in [4.78, 5) is 2.35. The summed E-state index contributed by atoms with van der Waals surface area (Å²) in [5.74, 6) is 0. The average Bonchev–Trinajstić information content (AvgIpc) is 2.27. The molecule has 1 aromatic rings. The van der Waals surface area contributed by atoms with Crippen molar-refractivity contribution in [2.75, 3.05) is 26.7 Å². The quantitative estimate of drug-likeness (QED) is 0.832. The van der Waals surface area contributed by atoms with E-state index in [-0.39, 0.29) is 6.04 Å². The number of piperazine rings is 1. The van der Waals surface area contributed by atoms with Crippen molar-refractivity contribution < 1.29 is 0 Å². The van der Waals surface area contributed by atoms with Gasteiger partial charge in [-0.15, -0.1) is 0 Å². The monoisotopic (exact) mass is 247 g/mol. The van der Waals surface area contributed by atoms with Crippen molar-refractivity contribution in [2.45, 2.75) is 32.9 Å². The van der Waals surface area contributed by atoms with Crippen LogP contribution in [-0.2, 0) is 0 Å². The summed E-state index contributed by atoms with van der Waals surface area (Å²) in [5, 5.41) is 3.55. The first-order valence-corrected chi connectivity index (χ1v) is 6.74. The molecule has 3 heteroatoms. The maximum atomic E-state index is 6.49. The Labute approximate surface area is 110 Å². The van der Waals surface area contributed by atoms with E-state index >= 15 is 0 Å². The SMILES string of the molecule is Cc1cc(C)c(C(N)C2CN(C)CCN2)c(C)c1. The number of hydrogen-bond donors (Lipinski definition) is 2. The molecule has 1 aliphatic rings. The molecule has 0 bridgehead atoms. The van der Waals surface area contributed by atoms with E-state index in [1.807, 2.05) is 0 Å². The zero-order valence-electron chi connectivity index (χ0n) is 12.0. The highest BCUT2D eigenvalue weighted by Gasteiger charge is 2.25.